The van der Waals surface area contributed by atoms with Gasteiger partial charge in [0.2, 0.25) is 0 Å². The van der Waals surface area contributed by atoms with Crippen LogP contribution in [0.15, 0.2) is 30.3 Å². The van der Waals surface area contributed by atoms with Crippen molar-refractivity contribution in [2.75, 3.05) is 0 Å². The van der Waals surface area contributed by atoms with Crippen LogP contribution in [-0.2, 0) is 0 Å². The molecule has 1 aromatic heterocycles. The van der Waals surface area contributed by atoms with Crippen LogP contribution in [0.25, 0.3) is 10.9 Å². The average molecular weight is 304 g/mol. The van der Waals surface area contributed by atoms with Crippen molar-refractivity contribution < 1.29 is 0 Å². The molecule has 2 heteroatoms. The number of aromatic nitrogens is 1. The molecule has 1 unspecified atom stereocenters. The predicted molar refractivity (Wildman–Crippen MR) is 93.0 cm³/mol. The Balaban J connectivity index is 2.61. The van der Waals surface area contributed by atoms with E-state index in [-0.39, 0.29) is 10.8 Å². The molecule has 0 saturated heterocycles. The molecular formula is C19H26ClN. The van der Waals surface area contributed by atoms with Gasteiger partial charge in [0.15, 0.2) is 0 Å². The van der Waals surface area contributed by atoms with Gasteiger partial charge in [-0.2, -0.15) is 0 Å². The maximum atomic E-state index is 6.26. The second-order valence-electron chi connectivity index (χ2n) is 7.68. The molecule has 114 valence electrons. The van der Waals surface area contributed by atoms with Crippen LogP contribution in [-0.4, -0.2) is 4.98 Å². The second kappa shape index (κ2) is 5.61. The summed E-state index contributed by atoms with van der Waals surface area (Å²) in [6.45, 7) is 13.9. The maximum absolute atomic E-state index is 6.26. The van der Waals surface area contributed by atoms with E-state index in [9.17, 15) is 0 Å². The first-order valence-electron chi connectivity index (χ1n) is 7.72. The highest BCUT2D eigenvalue weighted by Crippen LogP contribution is 2.48. The van der Waals surface area contributed by atoms with Crippen LogP contribution in [0.4, 0.5) is 0 Å². The van der Waals surface area contributed by atoms with E-state index in [0.29, 0.717) is 5.92 Å². The molecule has 0 radical (unpaired) electrons. The van der Waals surface area contributed by atoms with E-state index in [1.165, 1.54) is 5.69 Å². The van der Waals surface area contributed by atoms with Gasteiger partial charge in [0.1, 0.15) is 0 Å². The Labute approximate surface area is 133 Å². The fourth-order valence-corrected chi connectivity index (χ4v) is 3.75. The van der Waals surface area contributed by atoms with Crippen molar-refractivity contribution in [1.82, 2.24) is 4.98 Å². The van der Waals surface area contributed by atoms with Gasteiger partial charge >= 0.3 is 0 Å². The largest absolute Gasteiger partial charge is 0.252 e. The Hall–Kier alpha value is -1.08. The Kier molecular flexibility index (Phi) is 4.35. The van der Waals surface area contributed by atoms with E-state index in [1.54, 1.807) is 0 Å². The van der Waals surface area contributed by atoms with Gasteiger partial charge in [-0.15, -0.1) is 0 Å². The second-order valence-corrected chi connectivity index (χ2v) is 8.09. The molecular weight excluding hydrogens is 278 g/mol. The Bertz CT molecular complexity index is 638. The summed E-state index contributed by atoms with van der Waals surface area (Å²) in [5, 5.41) is 1.80. The summed E-state index contributed by atoms with van der Waals surface area (Å²) in [4.78, 5) is 4.93. The lowest BCUT2D eigenvalue weighted by atomic mass is 9.63. The minimum atomic E-state index is 0.165. The van der Waals surface area contributed by atoms with Gasteiger partial charge in [-0.25, -0.2) is 0 Å². The number of hydrogen-bond donors (Lipinski definition) is 0. The maximum Gasteiger partial charge on any atom is 0.0720 e. The number of pyridine rings is 1. The lowest BCUT2D eigenvalue weighted by Crippen LogP contribution is -2.32. The fourth-order valence-electron chi connectivity index (χ4n) is 3.51. The molecule has 1 nitrogen and oxygen atoms in total. The van der Waals surface area contributed by atoms with Crippen LogP contribution >= 0.6 is 11.6 Å². The average Bonchev–Trinajstić information content (AvgIpc) is 2.37. The summed E-state index contributed by atoms with van der Waals surface area (Å²) in [7, 11) is 0. The molecule has 0 aliphatic carbocycles. The molecule has 1 heterocycles. The Morgan fingerprint density at radius 2 is 1.71 bits per heavy atom. The minimum absolute atomic E-state index is 0.165. The number of benzene rings is 1. The summed E-state index contributed by atoms with van der Waals surface area (Å²) < 4.78 is 0. The van der Waals surface area contributed by atoms with Crippen molar-refractivity contribution >= 4 is 22.5 Å². The van der Waals surface area contributed by atoms with Crippen LogP contribution < -0.4 is 0 Å². The summed E-state index contributed by atoms with van der Waals surface area (Å²) in [6.07, 6.45) is 1.13. The zero-order valence-corrected chi connectivity index (χ0v) is 14.8. The molecule has 0 saturated carbocycles. The molecule has 0 amide bonds. The summed E-state index contributed by atoms with van der Waals surface area (Å²) in [6, 6.07) is 10.2. The number of rotatable bonds is 3. The number of nitrogens with zero attached hydrogens (tertiary/aromatic N) is 1. The van der Waals surface area contributed by atoms with Crippen LogP contribution in [0.3, 0.4) is 0 Å². The van der Waals surface area contributed by atoms with Crippen molar-refractivity contribution in [3.8, 4) is 0 Å². The third-order valence-electron chi connectivity index (χ3n) is 4.55. The zero-order valence-electron chi connectivity index (χ0n) is 14.0. The van der Waals surface area contributed by atoms with E-state index in [0.717, 1.165) is 22.3 Å². The Morgan fingerprint density at radius 3 is 2.29 bits per heavy atom. The predicted octanol–water partition coefficient (Wildman–Crippen LogP) is 6.45. The summed E-state index contributed by atoms with van der Waals surface area (Å²) in [5.41, 5.74) is 2.53. The normalized spacial score (nSPS) is 14.4. The van der Waals surface area contributed by atoms with Gasteiger partial charge < -0.3 is 0 Å². The summed E-state index contributed by atoms with van der Waals surface area (Å²) >= 11 is 6.26. The molecule has 0 N–H and O–H groups in total. The smallest absolute Gasteiger partial charge is 0.0720 e. The highest BCUT2D eigenvalue weighted by atomic mass is 35.5. The minimum Gasteiger partial charge on any atom is -0.252 e. The first-order valence-corrected chi connectivity index (χ1v) is 8.10. The molecule has 2 aromatic rings. The van der Waals surface area contributed by atoms with Gasteiger partial charge in [-0.05, 0) is 35.1 Å². The molecule has 2 rings (SSSR count). The molecule has 0 bridgehead atoms. The van der Waals surface area contributed by atoms with Crippen LogP contribution in [0.5, 0.6) is 0 Å². The molecule has 0 spiro atoms. The number of fused-ring (bicyclic) bond motifs is 1. The standard InChI is InChI=1S/C19H26ClN/c1-7-19(5,6)17(18(2,3)4)16-12-11-13-14(20)9-8-10-15(13)21-16/h8-12,17H,7H2,1-6H3. The molecule has 1 aromatic carbocycles. The van der Waals surface area contributed by atoms with Crippen LogP contribution in [0.2, 0.25) is 5.02 Å². The topological polar surface area (TPSA) is 12.9 Å². The molecule has 1 atom stereocenters. The van der Waals surface area contributed by atoms with Gasteiger partial charge in [0, 0.05) is 22.0 Å². The quantitative estimate of drug-likeness (QED) is 0.634. The lowest BCUT2D eigenvalue weighted by Gasteiger charge is -2.42. The van der Waals surface area contributed by atoms with Crippen molar-refractivity contribution in [3.05, 3.63) is 41.0 Å². The molecule has 0 aliphatic heterocycles. The first kappa shape index (κ1) is 16.3. The number of hydrogen-bond acceptors (Lipinski definition) is 1. The molecule has 0 fully saturated rings. The zero-order chi connectivity index (χ0) is 15.8. The van der Waals surface area contributed by atoms with Crippen molar-refractivity contribution in [3.63, 3.8) is 0 Å². The lowest BCUT2D eigenvalue weighted by molar-refractivity contribution is 0.149. The first-order chi connectivity index (χ1) is 9.66. The third kappa shape index (κ3) is 3.23. The van der Waals surface area contributed by atoms with Crippen LogP contribution in [0.1, 0.15) is 59.6 Å². The monoisotopic (exact) mass is 303 g/mol. The summed E-state index contributed by atoms with van der Waals surface area (Å²) in [5.74, 6) is 0.401. The van der Waals surface area contributed by atoms with Gasteiger partial charge in [-0.3, -0.25) is 4.98 Å². The molecule has 0 aliphatic rings. The van der Waals surface area contributed by atoms with E-state index >= 15 is 0 Å². The van der Waals surface area contributed by atoms with E-state index in [2.05, 4.69) is 53.7 Å². The Morgan fingerprint density at radius 1 is 1.05 bits per heavy atom. The van der Waals surface area contributed by atoms with Gasteiger partial charge in [-0.1, -0.05) is 65.6 Å². The van der Waals surface area contributed by atoms with Crippen LogP contribution in [0, 0.1) is 10.8 Å². The fraction of sp³-hybridized carbons (Fsp3) is 0.526. The van der Waals surface area contributed by atoms with Crippen molar-refractivity contribution in [1.29, 1.82) is 0 Å². The van der Waals surface area contributed by atoms with Gasteiger partial charge in [0.25, 0.3) is 0 Å². The number of halogens is 1. The molecule has 21 heavy (non-hydrogen) atoms. The third-order valence-corrected chi connectivity index (χ3v) is 4.88. The highest BCUT2D eigenvalue weighted by Gasteiger charge is 2.38. The van der Waals surface area contributed by atoms with E-state index in [4.69, 9.17) is 16.6 Å². The van der Waals surface area contributed by atoms with E-state index < -0.39 is 0 Å². The van der Waals surface area contributed by atoms with Crippen molar-refractivity contribution in [2.45, 2.75) is 53.9 Å². The highest BCUT2D eigenvalue weighted by molar-refractivity contribution is 6.35. The SMILES string of the molecule is CCC(C)(C)C(c1ccc2c(Cl)cccc2n1)C(C)(C)C. The van der Waals surface area contributed by atoms with Crippen molar-refractivity contribution in [2.24, 2.45) is 10.8 Å². The van der Waals surface area contributed by atoms with Gasteiger partial charge in [0.05, 0.1) is 5.52 Å². The van der Waals surface area contributed by atoms with E-state index in [1.807, 2.05) is 18.2 Å².